The predicted octanol–water partition coefficient (Wildman–Crippen LogP) is -0.602. The fraction of sp³-hybridized carbons (Fsp3) is 0.833. The van der Waals surface area contributed by atoms with E-state index in [-0.39, 0.29) is 12.5 Å². The zero-order valence-electron chi connectivity index (χ0n) is 6.46. The van der Waals surface area contributed by atoms with E-state index in [1.54, 1.807) is 7.11 Å². The van der Waals surface area contributed by atoms with Crippen molar-refractivity contribution in [2.24, 2.45) is 5.73 Å². The number of rotatable bonds is 5. The van der Waals surface area contributed by atoms with Crippen LogP contribution in [0.15, 0.2) is 0 Å². The Morgan fingerprint density at radius 1 is 1.70 bits per heavy atom. The van der Waals surface area contributed by atoms with Gasteiger partial charge < -0.3 is 10.5 Å². The van der Waals surface area contributed by atoms with Crippen LogP contribution in [-0.4, -0.2) is 37.7 Å². The summed E-state index contributed by atoms with van der Waals surface area (Å²) in [6, 6.07) is 0. The average Bonchev–Trinajstić information content (AvgIpc) is 1.86. The Morgan fingerprint density at radius 3 is 2.60 bits per heavy atom. The van der Waals surface area contributed by atoms with Crippen LogP contribution in [0.5, 0.6) is 0 Å². The molecule has 0 aromatic rings. The van der Waals surface area contributed by atoms with Crippen LogP contribution >= 0.6 is 0 Å². The number of nitrogens with zero attached hydrogens (tertiary/aromatic N) is 1. The van der Waals surface area contributed by atoms with Gasteiger partial charge in [0.05, 0.1) is 13.3 Å². The van der Waals surface area contributed by atoms with Gasteiger partial charge in [0.2, 0.25) is 5.91 Å². The Morgan fingerprint density at radius 2 is 2.30 bits per heavy atom. The molecule has 0 fully saturated rings. The molecule has 0 atom stereocenters. The molecule has 0 aliphatic heterocycles. The number of likely N-dealkylation sites (N-methyl/N-ethyl adjacent to an activating group) is 1. The van der Waals surface area contributed by atoms with Gasteiger partial charge in [0.1, 0.15) is 0 Å². The molecule has 0 saturated carbocycles. The lowest BCUT2D eigenvalue weighted by Gasteiger charge is -2.16. The Labute approximate surface area is 60.9 Å². The third-order valence-corrected chi connectivity index (χ3v) is 1.14. The van der Waals surface area contributed by atoms with Gasteiger partial charge in [-0.05, 0) is 6.54 Å². The molecule has 0 aromatic carbocycles. The van der Waals surface area contributed by atoms with Gasteiger partial charge in [-0.15, -0.1) is 0 Å². The first-order valence-corrected chi connectivity index (χ1v) is 3.20. The first-order chi connectivity index (χ1) is 4.70. The van der Waals surface area contributed by atoms with Crippen LogP contribution in [0.3, 0.4) is 0 Å². The van der Waals surface area contributed by atoms with Crippen LogP contribution in [0.4, 0.5) is 0 Å². The molecule has 0 rings (SSSR count). The van der Waals surface area contributed by atoms with Gasteiger partial charge in [-0.3, -0.25) is 9.69 Å². The van der Waals surface area contributed by atoms with Crippen LogP contribution in [0.25, 0.3) is 0 Å². The molecule has 0 bridgehead atoms. The summed E-state index contributed by atoms with van der Waals surface area (Å²) in [6.07, 6.45) is 0. The Kier molecular flexibility index (Phi) is 4.88. The second-order valence-corrected chi connectivity index (χ2v) is 2.03. The lowest BCUT2D eigenvalue weighted by molar-refractivity contribution is -0.120. The SMILES string of the molecule is CCN(COC)CC(N)=O. The van der Waals surface area contributed by atoms with E-state index in [1.807, 2.05) is 11.8 Å². The number of amides is 1. The average molecular weight is 146 g/mol. The van der Waals surface area contributed by atoms with Gasteiger partial charge in [-0.25, -0.2) is 0 Å². The van der Waals surface area contributed by atoms with E-state index in [4.69, 9.17) is 10.5 Å². The Balaban J connectivity index is 3.49. The van der Waals surface area contributed by atoms with Crippen molar-refractivity contribution in [3.05, 3.63) is 0 Å². The van der Waals surface area contributed by atoms with Crippen molar-refractivity contribution in [1.82, 2.24) is 4.90 Å². The Hall–Kier alpha value is -0.610. The van der Waals surface area contributed by atoms with E-state index in [1.165, 1.54) is 0 Å². The summed E-state index contributed by atoms with van der Waals surface area (Å²) in [7, 11) is 1.59. The fourth-order valence-electron chi connectivity index (χ4n) is 0.652. The zero-order chi connectivity index (χ0) is 7.98. The van der Waals surface area contributed by atoms with Crippen molar-refractivity contribution in [1.29, 1.82) is 0 Å². The molecule has 0 aliphatic carbocycles. The molecular formula is C6H14N2O2. The van der Waals surface area contributed by atoms with Crippen molar-refractivity contribution in [2.75, 3.05) is 26.9 Å². The third-order valence-electron chi connectivity index (χ3n) is 1.14. The van der Waals surface area contributed by atoms with Crippen molar-refractivity contribution < 1.29 is 9.53 Å². The number of carbonyl (C=O) groups is 1. The number of carbonyl (C=O) groups excluding carboxylic acids is 1. The summed E-state index contributed by atoms with van der Waals surface area (Å²) in [5, 5.41) is 0. The number of hydrogen-bond donors (Lipinski definition) is 1. The van der Waals surface area contributed by atoms with Crippen molar-refractivity contribution in [2.45, 2.75) is 6.92 Å². The minimum Gasteiger partial charge on any atom is -0.369 e. The first-order valence-electron chi connectivity index (χ1n) is 3.20. The summed E-state index contributed by atoms with van der Waals surface area (Å²) in [6.45, 7) is 3.45. The van der Waals surface area contributed by atoms with Crippen molar-refractivity contribution in [3.63, 3.8) is 0 Å². The smallest absolute Gasteiger partial charge is 0.231 e. The summed E-state index contributed by atoms with van der Waals surface area (Å²) >= 11 is 0. The number of hydrogen-bond acceptors (Lipinski definition) is 3. The van der Waals surface area contributed by atoms with Gasteiger partial charge in [0.25, 0.3) is 0 Å². The lowest BCUT2D eigenvalue weighted by Crippen LogP contribution is -2.34. The normalized spacial score (nSPS) is 10.3. The molecule has 0 aromatic heterocycles. The molecule has 10 heavy (non-hydrogen) atoms. The minimum absolute atomic E-state index is 0.268. The molecule has 0 saturated heterocycles. The second-order valence-electron chi connectivity index (χ2n) is 2.03. The molecule has 0 heterocycles. The maximum absolute atomic E-state index is 10.4. The van der Waals surface area contributed by atoms with Crippen LogP contribution in [0.2, 0.25) is 0 Å². The quantitative estimate of drug-likeness (QED) is 0.527. The first kappa shape index (κ1) is 9.39. The maximum Gasteiger partial charge on any atom is 0.231 e. The molecule has 4 nitrogen and oxygen atoms in total. The number of nitrogens with two attached hydrogens (primary N) is 1. The van der Waals surface area contributed by atoms with Crippen molar-refractivity contribution >= 4 is 5.91 Å². The molecule has 1 amide bonds. The summed E-state index contributed by atoms with van der Waals surface area (Å²) in [5.41, 5.74) is 4.96. The molecule has 4 heteroatoms. The van der Waals surface area contributed by atoms with E-state index >= 15 is 0 Å². The van der Waals surface area contributed by atoms with Crippen LogP contribution in [-0.2, 0) is 9.53 Å². The highest BCUT2D eigenvalue weighted by atomic mass is 16.5. The molecule has 0 unspecified atom stereocenters. The maximum atomic E-state index is 10.4. The predicted molar refractivity (Wildman–Crippen MR) is 38.3 cm³/mol. The van der Waals surface area contributed by atoms with Crippen LogP contribution < -0.4 is 5.73 Å². The lowest BCUT2D eigenvalue weighted by atomic mass is 10.5. The third kappa shape index (κ3) is 4.29. The molecule has 0 spiro atoms. The number of primary amides is 1. The summed E-state index contributed by atoms with van der Waals surface area (Å²) in [5.74, 6) is -0.320. The molecule has 0 aliphatic rings. The standard InChI is InChI=1S/C6H14N2O2/c1-3-8(5-10-2)4-6(7)9/h3-5H2,1-2H3,(H2,7,9). The molecular weight excluding hydrogens is 132 g/mol. The highest BCUT2D eigenvalue weighted by Gasteiger charge is 2.03. The highest BCUT2D eigenvalue weighted by molar-refractivity contribution is 5.75. The van der Waals surface area contributed by atoms with E-state index in [0.717, 1.165) is 6.54 Å². The molecule has 2 N–H and O–H groups in total. The van der Waals surface area contributed by atoms with E-state index in [9.17, 15) is 4.79 Å². The van der Waals surface area contributed by atoms with E-state index in [0.29, 0.717) is 6.73 Å². The highest BCUT2D eigenvalue weighted by Crippen LogP contribution is 1.84. The Bertz CT molecular complexity index is 106. The largest absolute Gasteiger partial charge is 0.369 e. The molecule has 60 valence electrons. The van der Waals surface area contributed by atoms with Crippen LogP contribution in [0, 0.1) is 0 Å². The van der Waals surface area contributed by atoms with Gasteiger partial charge in [-0.1, -0.05) is 6.92 Å². The second kappa shape index (κ2) is 5.20. The minimum atomic E-state index is -0.320. The summed E-state index contributed by atoms with van der Waals surface area (Å²) < 4.78 is 4.81. The topological polar surface area (TPSA) is 55.6 Å². The van der Waals surface area contributed by atoms with Crippen LogP contribution in [0.1, 0.15) is 6.92 Å². The monoisotopic (exact) mass is 146 g/mol. The van der Waals surface area contributed by atoms with Gasteiger partial charge in [-0.2, -0.15) is 0 Å². The van der Waals surface area contributed by atoms with E-state index in [2.05, 4.69) is 0 Å². The van der Waals surface area contributed by atoms with Gasteiger partial charge >= 0.3 is 0 Å². The number of ether oxygens (including phenoxy) is 1. The van der Waals surface area contributed by atoms with Gasteiger partial charge in [0.15, 0.2) is 0 Å². The molecule has 0 radical (unpaired) electrons. The van der Waals surface area contributed by atoms with E-state index < -0.39 is 0 Å². The number of methoxy groups -OCH3 is 1. The fourth-order valence-corrected chi connectivity index (χ4v) is 0.652. The van der Waals surface area contributed by atoms with Crippen molar-refractivity contribution in [3.8, 4) is 0 Å². The van der Waals surface area contributed by atoms with Gasteiger partial charge in [0, 0.05) is 7.11 Å². The summed E-state index contributed by atoms with van der Waals surface area (Å²) in [4.78, 5) is 12.2. The zero-order valence-corrected chi connectivity index (χ0v) is 6.46.